The molecule has 0 bridgehead atoms. The van der Waals surface area contributed by atoms with E-state index in [1.807, 2.05) is 18.2 Å². The number of nitrogens with one attached hydrogen (secondary N) is 1. The zero-order valence-corrected chi connectivity index (χ0v) is 18.8. The van der Waals surface area contributed by atoms with Crippen molar-refractivity contribution < 1.29 is 9.59 Å². The number of hydrogen-bond donors (Lipinski definition) is 1. The monoisotopic (exact) mass is 472 g/mol. The Balaban J connectivity index is 1.73. The van der Waals surface area contributed by atoms with Gasteiger partial charge in [-0.15, -0.1) is 0 Å². The van der Waals surface area contributed by atoms with Crippen LogP contribution in [-0.4, -0.2) is 59.2 Å². The molecule has 2 amide bonds. The van der Waals surface area contributed by atoms with Gasteiger partial charge in [-0.05, 0) is 0 Å². The molecule has 1 aliphatic heterocycles. The van der Waals surface area contributed by atoms with Crippen LogP contribution in [0.5, 0.6) is 0 Å². The van der Waals surface area contributed by atoms with Crippen molar-refractivity contribution in [3.05, 3.63) is 36.0 Å². The summed E-state index contributed by atoms with van der Waals surface area (Å²) in [5.41, 5.74) is 1.11. The second-order valence-corrected chi connectivity index (χ2v) is 22.3. The molecule has 0 unspecified atom stereocenters. The summed E-state index contributed by atoms with van der Waals surface area (Å²) < 4.78 is 1.38. The first-order chi connectivity index (χ1) is 12.8. The molecule has 1 aliphatic rings. The van der Waals surface area contributed by atoms with Gasteiger partial charge in [-0.25, -0.2) is 0 Å². The molecule has 2 heterocycles. The van der Waals surface area contributed by atoms with Crippen molar-refractivity contribution in [1.29, 1.82) is 5.26 Å². The van der Waals surface area contributed by atoms with E-state index in [9.17, 15) is 9.59 Å². The second kappa shape index (κ2) is 7.85. The molecular formula is C20H24N4O2Sn. The van der Waals surface area contributed by atoms with Gasteiger partial charge in [0, 0.05) is 0 Å². The molecule has 1 saturated heterocycles. The molecule has 6 nitrogen and oxygen atoms in total. The number of aromatic nitrogens is 1. The predicted octanol–water partition coefficient (Wildman–Crippen LogP) is 2.02. The molecule has 0 radical (unpaired) electrons. The van der Waals surface area contributed by atoms with Crippen molar-refractivity contribution in [1.82, 2.24) is 15.2 Å². The molecule has 27 heavy (non-hydrogen) atoms. The third kappa shape index (κ3) is 4.24. The van der Waals surface area contributed by atoms with Crippen molar-refractivity contribution in [3.8, 4) is 6.07 Å². The Bertz CT molecular complexity index is 930. The molecular weight excluding hydrogens is 447 g/mol. The summed E-state index contributed by atoms with van der Waals surface area (Å²) in [6, 6.07) is 11.5. The zero-order chi connectivity index (χ0) is 19.6. The fourth-order valence-electron chi connectivity index (χ4n) is 3.48. The molecule has 0 aliphatic carbocycles. The van der Waals surface area contributed by atoms with Crippen molar-refractivity contribution in [2.24, 2.45) is 0 Å². The quantitative estimate of drug-likeness (QED) is 0.692. The maximum absolute atomic E-state index is 12.4. The zero-order valence-electron chi connectivity index (χ0n) is 16.0. The first-order valence-electron chi connectivity index (χ1n) is 9.19. The van der Waals surface area contributed by atoms with Crippen LogP contribution in [-0.2, 0) is 4.79 Å². The summed E-state index contributed by atoms with van der Waals surface area (Å²) in [7, 11) is 0. The summed E-state index contributed by atoms with van der Waals surface area (Å²) in [4.78, 5) is 37.8. The Hall–Kier alpha value is -2.14. The minimum absolute atomic E-state index is 0.116. The van der Waals surface area contributed by atoms with Crippen LogP contribution in [0.1, 0.15) is 23.3 Å². The fraction of sp³-hybridized carbons (Fsp3) is 0.400. The first kappa shape index (κ1) is 19.6. The summed E-state index contributed by atoms with van der Waals surface area (Å²) in [5.74, 6) is -0.597. The number of nitriles is 1. The molecule has 1 N–H and O–H groups in total. The number of amides is 2. The van der Waals surface area contributed by atoms with Crippen LogP contribution in [0.15, 0.2) is 30.3 Å². The van der Waals surface area contributed by atoms with E-state index >= 15 is 0 Å². The van der Waals surface area contributed by atoms with Crippen LogP contribution >= 0.6 is 0 Å². The van der Waals surface area contributed by atoms with E-state index in [0.717, 1.165) is 17.3 Å². The van der Waals surface area contributed by atoms with Gasteiger partial charge in [-0.1, -0.05) is 0 Å². The van der Waals surface area contributed by atoms with Crippen molar-refractivity contribution in [3.63, 3.8) is 0 Å². The van der Waals surface area contributed by atoms with Crippen molar-refractivity contribution >= 4 is 44.7 Å². The van der Waals surface area contributed by atoms with E-state index < -0.39 is 18.4 Å². The molecule has 0 spiro atoms. The van der Waals surface area contributed by atoms with Crippen molar-refractivity contribution in [2.45, 2.75) is 33.7 Å². The molecule has 1 fully saturated rings. The fourth-order valence-corrected chi connectivity index (χ4v) is 8.09. The average molecular weight is 471 g/mol. The molecule has 2 aromatic rings. The second-order valence-electron chi connectivity index (χ2n) is 7.88. The standard InChI is InChI=1S/C17H15N4O2.3CH3.Sn/c18-10-13-5-3-9-21(13)16(22)11-19-17(23)15-8-7-12-4-1-2-6-14(12)20-15;;;;/h1-2,6-8,13H,3,5,9,11H2,(H,19,23);3*1H3;/t13-;;;;/m0..../s1. The summed E-state index contributed by atoms with van der Waals surface area (Å²) in [6.45, 7) is 0.456. The van der Waals surface area contributed by atoms with E-state index in [-0.39, 0.29) is 24.4 Å². The van der Waals surface area contributed by atoms with Crippen LogP contribution < -0.4 is 8.90 Å². The van der Waals surface area contributed by atoms with Gasteiger partial charge in [-0.3, -0.25) is 0 Å². The van der Waals surface area contributed by atoms with Crippen LogP contribution in [0.2, 0.25) is 14.8 Å². The van der Waals surface area contributed by atoms with Crippen LogP contribution in [0.25, 0.3) is 10.9 Å². The number of fused-ring (bicyclic) bond motifs is 1. The molecule has 1 aromatic carbocycles. The molecule has 140 valence electrons. The van der Waals surface area contributed by atoms with Crippen LogP contribution in [0, 0.1) is 11.3 Å². The normalized spacial score (nSPS) is 17.0. The minimum atomic E-state index is -2.28. The number of carbonyl (C=O) groups is 2. The van der Waals surface area contributed by atoms with Gasteiger partial charge < -0.3 is 0 Å². The number of hydrogen-bond acceptors (Lipinski definition) is 4. The van der Waals surface area contributed by atoms with Gasteiger partial charge in [0.1, 0.15) is 0 Å². The van der Waals surface area contributed by atoms with Gasteiger partial charge in [0.2, 0.25) is 0 Å². The molecule has 1 atom stereocenters. The summed E-state index contributed by atoms with van der Waals surface area (Å²) >= 11 is -2.28. The number of rotatable bonds is 4. The predicted molar refractivity (Wildman–Crippen MR) is 107 cm³/mol. The average Bonchev–Trinajstić information content (AvgIpc) is 3.13. The number of carbonyl (C=O) groups excluding carboxylic acids is 2. The first-order valence-corrected chi connectivity index (χ1v) is 19.2. The van der Waals surface area contributed by atoms with E-state index in [1.165, 1.54) is 8.48 Å². The van der Waals surface area contributed by atoms with E-state index in [0.29, 0.717) is 18.7 Å². The Labute approximate surface area is 163 Å². The number of nitrogens with zero attached hydrogens (tertiary/aromatic N) is 3. The van der Waals surface area contributed by atoms with Crippen LogP contribution in [0.3, 0.4) is 0 Å². The number of pyridine rings is 1. The molecule has 1 aromatic heterocycles. The SMILES string of the molecule is [CH3][Sn]([CH3])([CH3])[c]1cccc2nc(C(=O)NCC(=O)N3CCC[C@H]3C#N)ccc12. The van der Waals surface area contributed by atoms with Gasteiger partial charge >= 0.3 is 158 Å². The Morgan fingerprint density at radius 1 is 1.30 bits per heavy atom. The Morgan fingerprint density at radius 2 is 2.07 bits per heavy atom. The maximum atomic E-state index is 12.4. The van der Waals surface area contributed by atoms with Crippen LogP contribution in [0.4, 0.5) is 0 Å². The van der Waals surface area contributed by atoms with Crippen molar-refractivity contribution in [2.75, 3.05) is 13.1 Å². The summed E-state index contributed by atoms with van der Waals surface area (Å²) in [5, 5.41) is 12.8. The van der Waals surface area contributed by atoms with Gasteiger partial charge in [0.05, 0.1) is 0 Å². The summed E-state index contributed by atoms with van der Waals surface area (Å²) in [6.07, 6.45) is 1.52. The third-order valence-electron chi connectivity index (χ3n) is 4.89. The van der Waals surface area contributed by atoms with E-state index in [2.05, 4.69) is 37.3 Å². The van der Waals surface area contributed by atoms with Gasteiger partial charge in [-0.2, -0.15) is 5.26 Å². The number of benzene rings is 1. The van der Waals surface area contributed by atoms with Gasteiger partial charge in [0.25, 0.3) is 0 Å². The number of likely N-dealkylation sites (tertiary alicyclic amines) is 1. The Morgan fingerprint density at radius 3 is 2.78 bits per heavy atom. The van der Waals surface area contributed by atoms with E-state index in [1.54, 1.807) is 6.07 Å². The molecule has 7 heteroatoms. The topological polar surface area (TPSA) is 86.1 Å². The van der Waals surface area contributed by atoms with E-state index in [4.69, 9.17) is 5.26 Å². The molecule has 3 rings (SSSR count). The third-order valence-corrected chi connectivity index (χ3v) is 10.8. The Kier molecular flexibility index (Phi) is 5.70. The molecule has 0 saturated carbocycles. The van der Waals surface area contributed by atoms with Gasteiger partial charge in [0.15, 0.2) is 0 Å².